The number of nitrogens with one attached hydrogen (secondary N) is 1. The number of nitrogens with zero attached hydrogens (tertiary/aromatic N) is 3. The van der Waals surface area contributed by atoms with Gasteiger partial charge in [-0.1, -0.05) is 24.3 Å². The van der Waals surface area contributed by atoms with E-state index in [0.717, 1.165) is 27.6 Å². The number of fused-ring (bicyclic) bond motifs is 1. The van der Waals surface area contributed by atoms with Crippen molar-refractivity contribution in [3.63, 3.8) is 0 Å². The van der Waals surface area contributed by atoms with Gasteiger partial charge in [-0.2, -0.15) is 0 Å². The lowest BCUT2D eigenvalue weighted by Gasteiger charge is -2.21. The number of benzene rings is 2. The molecule has 1 aromatic heterocycles. The largest absolute Gasteiger partial charge is 0.337 e. The average molecular weight is 374 g/mol. The summed E-state index contributed by atoms with van der Waals surface area (Å²) in [6.45, 7) is 3.67. The molecule has 0 bridgehead atoms. The molecule has 142 valence electrons. The molecule has 0 aliphatic carbocycles. The maximum atomic E-state index is 13.0. The Morgan fingerprint density at radius 1 is 1.25 bits per heavy atom. The highest BCUT2D eigenvalue weighted by Crippen LogP contribution is 2.25. The monoisotopic (exact) mass is 374 g/mol. The first-order chi connectivity index (χ1) is 13.5. The van der Waals surface area contributed by atoms with E-state index in [1.165, 1.54) is 0 Å². The summed E-state index contributed by atoms with van der Waals surface area (Å²) in [5.74, 6) is -0.0769. The fourth-order valence-electron chi connectivity index (χ4n) is 3.61. The summed E-state index contributed by atoms with van der Waals surface area (Å²) in [5, 5.41) is 4.95. The number of urea groups is 1. The molecule has 3 amide bonds. The van der Waals surface area contributed by atoms with Crippen molar-refractivity contribution in [3.05, 3.63) is 71.5 Å². The number of pyridine rings is 1. The SMILES string of the molecule is Cc1ccc(C(=O)N(C)Cc2cccc3cnccc23)cc1N1CCNC1=O. The van der Waals surface area contributed by atoms with Crippen LogP contribution in [-0.4, -0.2) is 42.0 Å². The summed E-state index contributed by atoms with van der Waals surface area (Å²) in [6, 6.07) is 13.4. The molecule has 3 aromatic rings. The highest BCUT2D eigenvalue weighted by Gasteiger charge is 2.24. The van der Waals surface area contributed by atoms with E-state index in [2.05, 4.69) is 10.3 Å². The molecule has 2 aromatic carbocycles. The first-order valence-electron chi connectivity index (χ1n) is 9.27. The van der Waals surface area contributed by atoms with E-state index in [1.54, 1.807) is 23.0 Å². The Morgan fingerprint density at radius 3 is 2.89 bits per heavy atom. The summed E-state index contributed by atoms with van der Waals surface area (Å²) in [7, 11) is 1.80. The molecule has 1 saturated heterocycles. The molecule has 28 heavy (non-hydrogen) atoms. The van der Waals surface area contributed by atoms with E-state index in [1.807, 2.05) is 55.6 Å². The fraction of sp³-hybridized carbons (Fsp3) is 0.227. The number of anilines is 1. The van der Waals surface area contributed by atoms with E-state index in [4.69, 9.17) is 0 Å². The van der Waals surface area contributed by atoms with Gasteiger partial charge in [-0.25, -0.2) is 4.79 Å². The van der Waals surface area contributed by atoms with Crippen LogP contribution in [0.4, 0.5) is 10.5 Å². The number of hydrogen-bond donors (Lipinski definition) is 1. The molecule has 4 rings (SSSR count). The fourth-order valence-corrected chi connectivity index (χ4v) is 3.61. The van der Waals surface area contributed by atoms with Gasteiger partial charge in [-0.05, 0) is 41.6 Å². The van der Waals surface area contributed by atoms with Crippen molar-refractivity contribution in [3.8, 4) is 0 Å². The van der Waals surface area contributed by atoms with Crippen LogP contribution in [-0.2, 0) is 6.54 Å². The quantitative estimate of drug-likeness (QED) is 0.762. The molecule has 0 radical (unpaired) electrons. The minimum atomic E-state index is -0.120. The van der Waals surface area contributed by atoms with Gasteiger partial charge < -0.3 is 10.2 Å². The third-order valence-electron chi connectivity index (χ3n) is 5.13. The van der Waals surface area contributed by atoms with Gasteiger partial charge in [-0.3, -0.25) is 14.7 Å². The van der Waals surface area contributed by atoms with Crippen LogP contribution < -0.4 is 10.2 Å². The Balaban J connectivity index is 1.59. The summed E-state index contributed by atoms with van der Waals surface area (Å²) < 4.78 is 0. The first kappa shape index (κ1) is 18.0. The van der Waals surface area contributed by atoms with Crippen LogP contribution in [0.5, 0.6) is 0 Å². The summed E-state index contributed by atoms with van der Waals surface area (Å²) in [6.07, 6.45) is 3.59. The Kier molecular flexibility index (Phi) is 4.69. The van der Waals surface area contributed by atoms with E-state index in [0.29, 0.717) is 25.2 Å². The van der Waals surface area contributed by atoms with Crippen molar-refractivity contribution >= 4 is 28.4 Å². The molecule has 1 aliphatic rings. The van der Waals surface area contributed by atoms with Gasteiger partial charge in [0.1, 0.15) is 0 Å². The van der Waals surface area contributed by atoms with Crippen molar-refractivity contribution in [2.45, 2.75) is 13.5 Å². The summed E-state index contributed by atoms with van der Waals surface area (Å²) in [4.78, 5) is 32.6. The smallest absolute Gasteiger partial charge is 0.322 e. The Hall–Kier alpha value is -3.41. The van der Waals surface area contributed by atoms with Crippen molar-refractivity contribution in [1.29, 1.82) is 0 Å². The average Bonchev–Trinajstić information content (AvgIpc) is 3.14. The van der Waals surface area contributed by atoms with Crippen molar-refractivity contribution in [2.24, 2.45) is 0 Å². The van der Waals surface area contributed by atoms with Crippen LogP contribution in [0.15, 0.2) is 54.9 Å². The zero-order valence-corrected chi connectivity index (χ0v) is 16.0. The lowest BCUT2D eigenvalue weighted by atomic mass is 10.1. The van der Waals surface area contributed by atoms with Crippen molar-refractivity contribution in [1.82, 2.24) is 15.2 Å². The lowest BCUT2D eigenvalue weighted by Crippen LogP contribution is -2.29. The number of amides is 3. The van der Waals surface area contributed by atoms with E-state index in [9.17, 15) is 9.59 Å². The zero-order chi connectivity index (χ0) is 19.7. The predicted molar refractivity (Wildman–Crippen MR) is 109 cm³/mol. The van der Waals surface area contributed by atoms with Crippen molar-refractivity contribution in [2.75, 3.05) is 25.0 Å². The van der Waals surface area contributed by atoms with Crippen molar-refractivity contribution < 1.29 is 9.59 Å². The van der Waals surface area contributed by atoms with E-state index >= 15 is 0 Å². The molecule has 2 heterocycles. The predicted octanol–water partition coefficient (Wildman–Crippen LogP) is 3.35. The Morgan fingerprint density at radius 2 is 2.11 bits per heavy atom. The van der Waals surface area contributed by atoms with Crippen LogP contribution >= 0.6 is 0 Å². The number of carbonyl (C=O) groups is 2. The zero-order valence-electron chi connectivity index (χ0n) is 16.0. The van der Waals surface area contributed by atoms with Gasteiger partial charge in [-0.15, -0.1) is 0 Å². The van der Waals surface area contributed by atoms with E-state index < -0.39 is 0 Å². The summed E-state index contributed by atoms with van der Waals surface area (Å²) >= 11 is 0. The number of aryl methyl sites for hydroxylation is 1. The molecule has 0 atom stereocenters. The van der Waals surface area contributed by atoms with Crippen LogP contribution in [0.3, 0.4) is 0 Å². The van der Waals surface area contributed by atoms with Crippen LogP contribution in [0, 0.1) is 6.92 Å². The van der Waals surface area contributed by atoms with Crippen LogP contribution in [0.1, 0.15) is 21.5 Å². The van der Waals surface area contributed by atoms with Gasteiger partial charge in [0.2, 0.25) is 0 Å². The minimum absolute atomic E-state index is 0.0769. The molecule has 1 N–H and O–H groups in total. The highest BCUT2D eigenvalue weighted by molar-refractivity contribution is 5.99. The number of aromatic nitrogens is 1. The number of carbonyl (C=O) groups excluding carboxylic acids is 2. The maximum absolute atomic E-state index is 13.0. The topological polar surface area (TPSA) is 65.5 Å². The van der Waals surface area contributed by atoms with Gasteiger partial charge >= 0.3 is 6.03 Å². The van der Waals surface area contributed by atoms with Crippen LogP contribution in [0.2, 0.25) is 0 Å². The standard InChI is InChI=1S/C22H22N4O2/c1-15-6-7-16(12-20(15)26-11-10-24-22(26)28)21(27)25(2)14-18-5-3-4-17-13-23-9-8-19(17)18/h3-9,12-13H,10-11,14H2,1-2H3,(H,24,28). The normalized spacial score (nSPS) is 13.6. The molecule has 6 heteroatoms. The molecule has 6 nitrogen and oxygen atoms in total. The second-order valence-electron chi connectivity index (χ2n) is 7.06. The second kappa shape index (κ2) is 7.31. The number of rotatable bonds is 4. The Bertz CT molecular complexity index is 1060. The molecule has 1 fully saturated rings. The minimum Gasteiger partial charge on any atom is -0.337 e. The Labute approximate surface area is 163 Å². The maximum Gasteiger partial charge on any atom is 0.322 e. The van der Waals surface area contributed by atoms with Gasteiger partial charge in [0.05, 0.1) is 0 Å². The van der Waals surface area contributed by atoms with Gasteiger partial charge in [0, 0.05) is 55.7 Å². The third kappa shape index (κ3) is 3.29. The van der Waals surface area contributed by atoms with Gasteiger partial charge in [0.25, 0.3) is 5.91 Å². The molecule has 0 spiro atoms. The summed E-state index contributed by atoms with van der Waals surface area (Å²) in [5.41, 5.74) is 3.40. The molecule has 0 saturated carbocycles. The third-order valence-corrected chi connectivity index (χ3v) is 5.13. The highest BCUT2D eigenvalue weighted by atomic mass is 16.2. The number of hydrogen-bond acceptors (Lipinski definition) is 3. The van der Waals surface area contributed by atoms with E-state index in [-0.39, 0.29) is 11.9 Å². The molecule has 1 aliphatic heterocycles. The molecular weight excluding hydrogens is 352 g/mol. The van der Waals surface area contributed by atoms with Gasteiger partial charge in [0.15, 0.2) is 0 Å². The lowest BCUT2D eigenvalue weighted by molar-refractivity contribution is 0.0785. The second-order valence-corrected chi connectivity index (χ2v) is 7.06. The first-order valence-corrected chi connectivity index (χ1v) is 9.27. The molecule has 0 unspecified atom stereocenters. The molecular formula is C22H22N4O2. The van der Waals surface area contributed by atoms with Crippen LogP contribution in [0.25, 0.3) is 10.8 Å².